The van der Waals surface area contributed by atoms with Crippen LogP contribution in [0.5, 0.6) is 0 Å². The molecule has 3 aromatic carbocycles. The molecule has 1 aliphatic heterocycles. The molecule has 1 heterocycles. The maximum absolute atomic E-state index is 14.5. The second kappa shape index (κ2) is 10.0. The molecule has 1 aliphatic rings. The summed E-state index contributed by atoms with van der Waals surface area (Å²) in [5.74, 6) is -39.6. The van der Waals surface area contributed by atoms with Crippen LogP contribution in [0, 0.1) is 87.3 Å². The number of hydrogen-bond donors (Lipinski definition) is 3. The van der Waals surface area contributed by atoms with E-state index in [1.807, 2.05) is 0 Å². The van der Waals surface area contributed by atoms with Crippen molar-refractivity contribution in [3.8, 4) is 0 Å². The highest BCUT2D eigenvalue weighted by molar-refractivity contribution is 6.99. The molecule has 0 spiro atoms. The van der Waals surface area contributed by atoms with Crippen LogP contribution in [-0.2, 0) is 0 Å². The lowest BCUT2D eigenvalue weighted by atomic mass is 9.43. The van der Waals surface area contributed by atoms with E-state index in [1.54, 1.807) is 15.4 Å². The molecule has 1 fully saturated rings. The largest absolute Gasteiger partial charge is 0.363 e. The minimum absolute atomic E-state index is 1.68. The van der Waals surface area contributed by atoms with E-state index in [9.17, 15) is 65.9 Å². The van der Waals surface area contributed by atoms with Crippen molar-refractivity contribution in [1.82, 2.24) is 15.4 Å². The van der Waals surface area contributed by atoms with Gasteiger partial charge in [0.25, 0.3) is 0 Å². The van der Waals surface area contributed by atoms with Gasteiger partial charge in [0, 0.05) is 16.4 Å². The van der Waals surface area contributed by atoms with Gasteiger partial charge in [0.1, 0.15) is 0 Å². The zero-order valence-corrected chi connectivity index (χ0v) is 17.9. The smallest absolute Gasteiger partial charge is 0.327 e. The van der Waals surface area contributed by atoms with Gasteiger partial charge in [0.2, 0.25) is 0 Å². The average Bonchev–Trinajstić information content (AvgIpc) is 2.91. The normalized spacial score (nSPS) is 14.1. The number of benzene rings is 3. The zero-order valence-electron chi connectivity index (χ0n) is 17.9. The van der Waals surface area contributed by atoms with E-state index in [1.165, 1.54) is 0 Å². The van der Waals surface area contributed by atoms with Gasteiger partial charge in [-0.05, 0) is 0 Å². The summed E-state index contributed by atoms with van der Waals surface area (Å²) < 4.78 is 210. The topological polar surface area (TPSA) is 36.1 Å². The Morgan fingerprint density at radius 3 is 0.513 bits per heavy atom. The molecular formula is C18H3B3F15N3. The first-order chi connectivity index (χ1) is 18.1. The van der Waals surface area contributed by atoms with Crippen molar-refractivity contribution < 1.29 is 65.9 Å². The Balaban J connectivity index is 1.99. The predicted octanol–water partition coefficient (Wildman–Crippen LogP) is 2.04. The van der Waals surface area contributed by atoms with E-state index < -0.39 is 125 Å². The van der Waals surface area contributed by atoms with Gasteiger partial charge in [-0.3, -0.25) is 0 Å². The SMILES string of the molecule is Fc1c(F)c(F)c(B2NB(c3c(F)c(F)c(F)c(F)c3F)NB(c3c(F)c(F)c(F)c(F)c3F)N2)c(F)c1F. The average molecular weight is 579 g/mol. The summed E-state index contributed by atoms with van der Waals surface area (Å²) in [4.78, 5) is 0. The van der Waals surface area contributed by atoms with Crippen LogP contribution in [0.3, 0.4) is 0 Å². The number of hydrogen-bond acceptors (Lipinski definition) is 3. The molecule has 0 atom stereocenters. The summed E-state index contributed by atoms with van der Waals surface area (Å²) in [5, 5.41) is 5.03. The minimum Gasteiger partial charge on any atom is -0.363 e. The summed E-state index contributed by atoms with van der Waals surface area (Å²) in [5.41, 5.74) is -5.85. The Kier molecular flexibility index (Phi) is 7.37. The van der Waals surface area contributed by atoms with Crippen molar-refractivity contribution in [1.29, 1.82) is 0 Å². The van der Waals surface area contributed by atoms with Gasteiger partial charge >= 0.3 is 20.9 Å². The van der Waals surface area contributed by atoms with Crippen LogP contribution in [0.15, 0.2) is 0 Å². The summed E-state index contributed by atoms with van der Waals surface area (Å²) in [6, 6.07) is 0. The maximum atomic E-state index is 14.5. The third kappa shape index (κ3) is 4.31. The molecule has 3 N–H and O–H groups in total. The fourth-order valence-electron chi connectivity index (χ4n) is 3.77. The van der Waals surface area contributed by atoms with Gasteiger partial charge in [-0.25, -0.2) is 65.9 Å². The van der Waals surface area contributed by atoms with Crippen molar-refractivity contribution in [3.63, 3.8) is 0 Å². The molecule has 0 radical (unpaired) electrons. The van der Waals surface area contributed by atoms with Crippen LogP contribution in [0.2, 0.25) is 0 Å². The lowest BCUT2D eigenvalue weighted by molar-refractivity contribution is 0.383. The summed E-state index contributed by atoms with van der Waals surface area (Å²) in [7, 11) is 0. The standard InChI is InChI=1S/C18H3B3F15N3/c22-4-1(5(23)11(29)16(34)10(4)28)19-37-20(2-6(24)12(30)17(35)13(31)7(2)25)39-21(38-19)3-8(26)14(32)18(36)15(33)9(3)27/h37-39H. The maximum Gasteiger partial charge on any atom is 0.327 e. The molecule has 3 aromatic rings. The molecule has 0 bridgehead atoms. The van der Waals surface area contributed by atoms with E-state index in [4.69, 9.17) is 0 Å². The van der Waals surface area contributed by atoms with Gasteiger partial charge in [-0.15, -0.1) is 0 Å². The monoisotopic (exact) mass is 579 g/mol. The molecular weight excluding hydrogens is 576 g/mol. The fraction of sp³-hybridized carbons (Fsp3) is 0. The number of nitrogens with one attached hydrogen (secondary N) is 3. The third-order valence-corrected chi connectivity index (χ3v) is 5.60. The first kappa shape index (κ1) is 28.7. The first-order valence-corrected chi connectivity index (χ1v) is 9.93. The van der Waals surface area contributed by atoms with Crippen LogP contribution >= 0.6 is 0 Å². The molecule has 0 unspecified atom stereocenters. The predicted molar refractivity (Wildman–Crippen MR) is 104 cm³/mol. The van der Waals surface area contributed by atoms with Gasteiger partial charge < -0.3 is 15.4 Å². The fourth-order valence-corrected chi connectivity index (χ4v) is 3.77. The van der Waals surface area contributed by atoms with Crippen LogP contribution in [0.4, 0.5) is 65.9 Å². The molecule has 0 saturated carbocycles. The molecule has 4 rings (SSSR count). The van der Waals surface area contributed by atoms with E-state index in [0.717, 1.165) is 0 Å². The highest BCUT2D eigenvalue weighted by Crippen LogP contribution is 2.20. The van der Waals surface area contributed by atoms with E-state index in [0.29, 0.717) is 0 Å². The lowest BCUT2D eigenvalue weighted by Gasteiger charge is -2.34. The Bertz CT molecular complexity index is 1270. The second-order valence-corrected chi connectivity index (χ2v) is 7.75. The van der Waals surface area contributed by atoms with E-state index >= 15 is 0 Å². The van der Waals surface area contributed by atoms with Crippen molar-refractivity contribution >= 4 is 37.3 Å². The van der Waals surface area contributed by atoms with Gasteiger partial charge in [-0.1, -0.05) is 0 Å². The highest BCUT2D eigenvalue weighted by atomic mass is 19.2. The molecule has 3 nitrogen and oxygen atoms in total. The summed E-state index contributed by atoms with van der Waals surface area (Å²) >= 11 is 0. The molecule has 21 heteroatoms. The van der Waals surface area contributed by atoms with Crippen LogP contribution in [-0.4, -0.2) is 20.9 Å². The van der Waals surface area contributed by atoms with E-state index in [-0.39, 0.29) is 0 Å². The number of rotatable bonds is 3. The van der Waals surface area contributed by atoms with Gasteiger partial charge in [0.15, 0.2) is 87.3 Å². The Morgan fingerprint density at radius 1 is 0.231 bits per heavy atom. The summed E-state index contributed by atoms with van der Waals surface area (Å²) in [6.07, 6.45) is 0. The Labute approximate surface area is 206 Å². The van der Waals surface area contributed by atoms with Gasteiger partial charge in [0.05, 0.1) is 0 Å². The van der Waals surface area contributed by atoms with Crippen LogP contribution in [0.1, 0.15) is 0 Å². The van der Waals surface area contributed by atoms with Crippen molar-refractivity contribution in [3.05, 3.63) is 87.3 Å². The van der Waals surface area contributed by atoms with Gasteiger partial charge in [-0.2, -0.15) is 0 Å². The lowest BCUT2D eigenvalue weighted by Crippen LogP contribution is -2.84. The van der Waals surface area contributed by atoms with Crippen LogP contribution in [0.25, 0.3) is 0 Å². The Hall–Kier alpha value is -3.32. The minimum atomic E-state index is -2.73. The zero-order chi connectivity index (χ0) is 29.2. The molecule has 0 amide bonds. The second-order valence-electron chi connectivity index (χ2n) is 7.75. The van der Waals surface area contributed by atoms with Crippen molar-refractivity contribution in [2.75, 3.05) is 0 Å². The molecule has 0 aromatic heterocycles. The molecule has 204 valence electrons. The van der Waals surface area contributed by atoms with E-state index in [2.05, 4.69) is 0 Å². The molecule has 39 heavy (non-hydrogen) atoms. The molecule has 1 saturated heterocycles. The summed E-state index contributed by atoms with van der Waals surface area (Å²) in [6.45, 7) is -8.18. The quantitative estimate of drug-likeness (QED) is 0.193. The Morgan fingerprint density at radius 2 is 0.359 bits per heavy atom. The van der Waals surface area contributed by atoms with Crippen molar-refractivity contribution in [2.45, 2.75) is 0 Å². The third-order valence-electron chi connectivity index (χ3n) is 5.60. The number of halogens is 15. The first-order valence-electron chi connectivity index (χ1n) is 9.93. The van der Waals surface area contributed by atoms with Crippen molar-refractivity contribution in [2.24, 2.45) is 0 Å². The molecule has 0 aliphatic carbocycles. The highest BCUT2D eigenvalue weighted by Gasteiger charge is 2.47. The van der Waals surface area contributed by atoms with Crippen LogP contribution < -0.4 is 31.8 Å².